The van der Waals surface area contributed by atoms with Gasteiger partial charge in [-0.15, -0.1) is 0 Å². The SMILES string of the molecule is COc1ccc(OCCNC(=O)c2cnc(Nc3ccccc3C)nc2)cc1. The van der Waals surface area contributed by atoms with E-state index in [9.17, 15) is 4.79 Å². The van der Waals surface area contributed by atoms with Gasteiger partial charge in [0.05, 0.1) is 19.2 Å². The molecule has 0 fully saturated rings. The molecule has 0 atom stereocenters. The Labute approximate surface area is 163 Å². The van der Waals surface area contributed by atoms with Crippen LogP contribution in [0.4, 0.5) is 11.6 Å². The molecule has 0 saturated heterocycles. The number of para-hydroxylation sites is 1. The van der Waals surface area contributed by atoms with Crippen LogP contribution in [0.1, 0.15) is 15.9 Å². The predicted molar refractivity (Wildman–Crippen MR) is 107 cm³/mol. The number of ether oxygens (including phenoxy) is 2. The normalized spacial score (nSPS) is 10.2. The maximum Gasteiger partial charge on any atom is 0.254 e. The van der Waals surface area contributed by atoms with Crippen LogP contribution in [0.2, 0.25) is 0 Å². The molecule has 2 N–H and O–H groups in total. The van der Waals surface area contributed by atoms with E-state index in [1.54, 1.807) is 7.11 Å². The molecule has 2 aromatic carbocycles. The van der Waals surface area contributed by atoms with Gasteiger partial charge in [-0.1, -0.05) is 18.2 Å². The van der Waals surface area contributed by atoms with Crippen LogP contribution in [0.3, 0.4) is 0 Å². The third-order valence-corrected chi connectivity index (χ3v) is 4.02. The largest absolute Gasteiger partial charge is 0.497 e. The Morgan fingerprint density at radius 1 is 1.00 bits per heavy atom. The summed E-state index contributed by atoms with van der Waals surface area (Å²) < 4.78 is 10.7. The first kappa shape index (κ1) is 19.2. The monoisotopic (exact) mass is 378 g/mol. The average Bonchev–Trinajstić information content (AvgIpc) is 2.73. The van der Waals surface area contributed by atoms with Crippen LogP contribution in [0.25, 0.3) is 0 Å². The van der Waals surface area contributed by atoms with Crippen LogP contribution in [0.5, 0.6) is 11.5 Å². The molecule has 144 valence electrons. The zero-order chi connectivity index (χ0) is 19.8. The van der Waals surface area contributed by atoms with Crippen LogP contribution < -0.4 is 20.1 Å². The van der Waals surface area contributed by atoms with E-state index in [1.165, 1.54) is 12.4 Å². The van der Waals surface area contributed by atoms with E-state index in [0.29, 0.717) is 30.4 Å². The number of hydrogen-bond acceptors (Lipinski definition) is 6. The molecule has 0 radical (unpaired) electrons. The zero-order valence-electron chi connectivity index (χ0n) is 15.8. The Morgan fingerprint density at radius 2 is 1.68 bits per heavy atom. The molecule has 1 aromatic heterocycles. The van der Waals surface area contributed by atoms with Gasteiger partial charge < -0.3 is 20.1 Å². The maximum absolute atomic E-state index is 12.2. The van der Waals surface area contributed by atoms with Gasteiger partial charge in [-0.2, -0.15) is 0 Å². The van der Waals surface area contributed by atoms with Gasteiger partial charge in [-0.05, 0) is 42.8 Å². The fraction of sp³-hybridized carbons (Fsp3) is 0.190. The van der Waals surface area contributed by atoms with E-state index in [0.717, 1.165) is 17.0 Å². The first-order valence-corrected chi connectivity index (χ1v) is 8.85. The van der Waals surface area contributed by atoms with Crippen LogP contribution in [0, 0.1) is 6.92 Å². The van der Waals surface area contributed by atoms with Crippen LogP contribution in [-0.2, 0) is 0 Å². The molecule has 1 heterocycles. The lowest BCUT2D eigenvalue weighted by molar-refractivity contribution is 0.0946. The van der Waals surface area contributed by atoms with Crippen molar-refractivity contribution in [2.45, 2.75) is 6.92 Å². The predicted octanol–water partition coefficient (Wildman–Crippen LogP) is 3.35. The molecule has 7 heteroatoms. The molecule has 7 nitrogen and oxygen atoms in total. The number of anilines is 2. The molecule has 0 spiro atoms. The van der Waals surface area contributed by atoms with E-state index < -0.39 is 0 Å². The van der Waals surface area contributed by atoms with E-state index in [-0.39, 0.29) is 5.91 Å². The number of nitrogens with zero attached hydrogens (tertiary/aromatic N) is 2. The minimum atomic E-state index is -0.249. The zero-order valence-corrected chi connectivity index (χ0v) is 15.8. The van der Waals surface area contributed by atoms with E-state index in [1.807, 2.05) is 55.5 Å². The molecule has 3 rings (SSSR count). The molecule has 0 saturated carbocycles. The van der Waals surface area contributed by atoms with Crippen molar-refractivity contribution in [2.75, 3.05) is 25.6 Å². The highest BCUT2D eigenvalue weighted by Gasteiger charge is 2.07. The second kappa shape index (κ2) is 9.36. The van der Waals surface area contributed by atoms with Crippen molar-refractivity contribution in [1.29, 1.82) is 0 Å². The number of carbonyl (C=O) groups is 1. The summed E-state index contributed by atoms with van der Waals surface area (Å²) in [6, 6.07) is 15.1. The van der Waals surface area contributed by atoms with Gasteiger partial charge in [-0.25, -0.2) is 9.97 Å². The summed E-state index contributed by atoms with van der Waals surface area (Å²) in [5.41, 5.74) is 2.40. The Balaban J connectivity index is 1.45. The lowest BCUT2D eigenvalue weighted by Gasteiger charge is -2.09. The van der Waals surface area contributed by atoms with Gasteiger partial charge in [0.2, 0.25) is 5.95 Å². The van der Waals surface area contributed by atoms with Crippen molar-refractivity contribution in [2.24, 2.45) is 0 Å². The van der Waals surface area contributed by atoms with Crippen molar-refractivity contribution in [1.82, 2.24) is 15.3 Å². The van der Waals surface area contributed by atoms with E-state index >= 15 is 0 Å². The number of carbonyl (C=O) groups excluding carboxylic acids is 1. The number of nitrogens with one attached hydrogen (secondary N) is 2. The summed E-state index contributed by atoms with van der Waals surface area (Å²) in [4.78, 5) is 20.6. The van der Waals surface area contributed by atoms with Crippen molar-refractivity contribution in [3.05, 3.63) is 72.1 Å². The minimum Gasteiger partial charge on any atom is -0.497 e. The quantitative estimate of drug-likeness (QED) is 0.585. The fourth-order valence-electron chi connectivity index (χ4n) is 2.45. The standard InChI is InChI=1S/C21H22N4O3/c1-15-5-3-4-6-19(15)25-21-23-13-16(14-24-21)20(26)22-11-12-28-18-9-7-17(27-2)8-10-18/h3-10,13-14H,11-12H2,1-2H3,(H,22,26)(H,23,24,25). The molecular weight excluding hydrogens is 356 g/mol. The van der Waals surface area contributed by atoms with E-state index in [2.05, 4.69) is 20.6 Å². The molecule has 0 aliphatic carbocycles. The van der Waals surface area contributed by atoms with Crippen LogP contribution in [-0.4, -0.2) is 36.1 Å². The Bertz CT molecular complexity index is 912. The van der Waals surface area contributed by atoms with Gasteiger partial charge in [0.25, 0.3) is 5.91 Å². The summed E-state index contributed by atoms with van der Waals surface area (Å²) in [5, 5.41) is 5.92. The molecule has 3 aromatic rings. The van der Waals surface area contributed by atoms with Crippen molar-refractivity contribution >= 4 is 17.5 Å². The summed E-state index contributed by atoms with van der Waals surface area (Å²) in [6.07, 6.45) is 2.99. The highest BCUT2D eigenvalue weighted by Crippen LogP contribution is 2.17. The Hall–Kier alpha value is -3.61. The van der Waals surface area contributed by atoms with Gasteiger partial charge >= 0.3 is 0 Å². The summed E-state index contributed by atoms with van der Waals surface area (Å²) in [7, 11) is 1.61. The number of hydrogen-bond donors (Lipinski definition) is 2. The molecule has 0 unspecified atom stereocenters. The second-order valence-electron chi connectivity index (χ2n) is 6.02. The number of aryl methyl sites for hydroxylation is 1. The molecular formula is C21H22N4O3. The maximum atomic E-state index is 12.2. The lowest BCUT2D eigenvalue weighted by Crippen LogP contribution is -2.28. The summed E-state index contributed by atoms with van der Waals surface area (Å²) in [5.74, 6) is 1.67. The molecule has 1 amide bonds. The number of rotatable bonds is 8. The van der Waals surface area contributed by atoms with Crippen LogP contribution in [0.15, 0.2) is 60.9 Å². The highest BCUT2D eigenvalue weighted by molar-refractivity contribution is 5.93. The first-order valence-electron chi connectivity index (χ1n) is 8.85. The third-order valence-electron chi connectivity index (χ3n) is 4.02. The van der Waals surface area contributed by atoms with Gasteiger partial charge in [0.15, 0.2) is 0 Å². The molecule has 0 aliphatic rings. The molecule has 0 bridgehead atoms. The minimum absolute atomic E-state index is 0.249. The van der Waals surface area contributed by atoms with Crippen molar-refractivity contribution in [3.8, 4) is 11.5 Å². The Morgan fingerprint density at radius 3 is 2.36 bits per heavy atom. The van der Waals surface area contributed by atoms with Gasteiger partial charge in [0.1, 0.15) is 18.1 Å². The first-order chi connectivity index (χ1) is 13.7. The smallest absolute Gasteiger partial charge is 0.254 e. The number of benzene rings is 2. The van der Waals surface area contributed by atoms with Crippen molar-refractivity contribution in [3.63, 3.8) is 0 Å². The highest BCUT2D eigenvalue weighted by atomic mass is 16.5. The van der Waals surface area contributed by atoms with Gasteiger partial charge in [-0.3, -0.25) is 4.79 Å². The Kier molecular flexibility index (Phi) is 6.41. The van der Waals surface area contributed by atoms with Crippen LogP contribution >= 0.6 is 0 Å². The average molecular weight is 378 g/mol. The molecule has 0 aliphatic heterocycles. The summed E-state index contributed by atoms with van der Waals surface area (Å²) >= 11 is 0. The topological polar surface area (TPSA) is 85.4 Å². The van der Waals surface area contributed by atoms with Gasteiger partial charge in [0, 0.05) is 18.1 Å². The van der Waals surface area contributed by atoms with E-state index in [4.69, 9.17) is 9.47 Å². The second-order valence-corrected chi connectivity index (χ2v) is 6.02. The summed E-state index contributed by atoms with van der Waals surface area (Å²) in [6.45, 7) is 2.72. The van der Waals surface area contributed by atoms with Crippen molar-refractivity contribution < 1.29 is 14.3 Å². The fourth-order valence-corrected chi connectivity index (χ4v) is 2.45. The molecule has 28 heavy (non-hydrogen) atoms. The third kappa shape index (κ3) is 5.20. The number of aromatic nitrogens is 2. The number of amides is 1. The number of methoxy groups -OCH3 is 1. The lowest BCUT2D eigenvalue weighted by atomic mass is 10.2.